The van der Waals surface area contributed by atoms with E-state index in [0.29, 0.717) is 19.2 Å². The number of guanidine groups is 1. The number of ether oxygens (including phenoxy) is 1. The van der Waals surface area contributed by atoms with Crippen LogP contribution in [0.3, 0.4) is 0 Å². The van der Waals surface area contributed by atoms with E-state index in [1.54, 1.807) is 0 Å². The predicted octanol–water partition coefficient (Wildman–Crippen LogP) is 2.91. The molecule has 1 aromatic rings. The number of hydrogen-bond acceptors (Lipinski definition) is 5. The van der Waals surface area contributed by atoms with Gasteiger partial charge in [0, 0.05) is 39.1 Å². The van der Waals surface area contributed by atoms with E-state index in [1.807, 2.05) is 4.90 Å². The number of halogens is 5. The fraction of sp³-hybridized carbons (Fsp3) is 0.636. The zero-order valence-electron chi connectivity index (χ0n) is 18.6. The number of amides is 1. The highest BCUT2D eigenvalue weighted by Crippen LogP contribution is 2.34. The highest BCUT2D eigenvalue weighted by molar-refractivity contribution is 5.96. The molecule has 4 heterocycles. The number of carbonyl (C=O) groups excluding carboxylic acids is 1. The molecule has 190 valence electrons. The molecule has 0 aromatic heterocycles. The SMILES string of the molecule is CC(=O)N1CC[C@@H](C(F)(F)F)N(CC(O)c2ccc(F)cc2F)/C1=N/CN1C[C@@H]2CCC1CO2.[HH]. The molecule has 1 aromatic carbocycles. The molecule has 34 heavy (non-hydrogen) atoms. The second-order valence-electron chi connectivity index (χ2n) is 8.91. The molecule has 4 fully saturated rings. The van der Waals surface area contributed by atoms with E-state index in [2.05, 4.69) is 4.99 Å². The lowest BCUT2D eigenvalue weighted by molar-refractivity contribution is -0.184. The summed E-state index contributed by atoms with van der Waals surface area (Å²) in [6.45, 7) is 1.53. The first kappa shape index (κ1) is 24.8. The minimum absolute atomic E-state index is 0. The Morgan fingerprint density at radius 2 is 2.06 bits per heavy atom. The van der Waals surface area contributed by atoms with Crippen molar-refractivity contribution in [1.82, 2.24) is 14.7 Å². The van der Waals surface area contributed by atoms with Crippen LogP contribution in [0.4, 0.5) is 22.0 Å². The molecule has 0 saturated carbocycles. The van der Waals surface area contributed by atoms with Gasteiger partial charge in [0.15, 0.2) is 0 Å². The normalized spacial score (nSPS) is 28.0. The van der Waals surface area contributed by atoms with E-state index >= 15 is 0 Å². The van der Waals surface area contributed by atoms with Gasteiger partial charge < -0.3 is 14.7 Å². The minimum atomic E-state index is -4.68. The number of piperidine rings is 1. The molecule has 2 bridgehead atoms. The van der Waals surface area contributed by atoms with Crippen LogP contribution in [-0.4, -0.2) is 88.9 Å². The lowest BCUT2D eigenvalue weighted by atomic mass is 9.98. The molecule has 2 unspecified atom stereocenters. The zero-order chi connectivity index (χ0) is 24.6. The molecule has 0 aliphatic carbocycles. The molecule has 0 spiro atoms. The Morgan fingerprint density at radius 1 is 1.29 bits per heavy atom. The Labute approximate surface area is 195 Å². The molecule has 1 N–H and O–H groups in total. The number of aliphatic imine (C=N–C) groups is 1. The summed E-state index contributed by atoms with van der Waals surface area (Å²) >= 11 is 0. The average molecular weight is 492 g/mol. The van der Waals surface area contributed by atoms with Crippen LogP contribution in [0.1, 0.15) is 39.3 Å². The van der Waals surface area contributed by atoms with Crippen LogP contribution in [0.5, 0.6) is 0 Å². The van der Waals surface area contributed by atoms with Crippen molar-refractivity contribution in [2.75, 3.05) is 32.9 Å². The highest BCUT2D eigenvalue weighted by atomic mass is 19.4. The van der Waals surface area contributed by atoms with Crippen molar-refractivity contribution in [2.24, 2.45) is 4.99 Å². The zero-order valence-corrected chi connectivity index (χ0v) is 18.6. The van der Waals surface area contributed by atoms with Gasteiger partial charge in [-0.3, -0.25) is 14.6 Å². The van der Waals surface area contributed by atoms with Crippen LogP contribution in [0.15, 0.2) is 23.2 Å². The van der Waals surface area contributed by atoms with Crippen LogP contribution in [0, 0.1) is 11.6 Å². The molecule has 12 heteroatoms. The van der Waals surface area contributed by atoms with Crippen LogP contribution in [0.2, 0.25) is 0 Å². The van der Waals surface area contributed by atoms with Gasteiger partial charge in [-0.15, -0.1) is 0 Å². The Kier molecular flexibility index (Phi) is 7.11. The number of aliphatic hydroxyl groups excluding tert-OH is 1. The maximum Gasteiger partial charge on any atom is 0.408 e. The van der Waals surface area contributed by atoms with Crippen molar-refractivity contribution >= 4 is 11.9 Å². The van der Waals surface area contributed by atoms with Crippen molar-refractivity contribution in [3.05, 3.63) is 35.4 Å². The monoisotopic (exact) mass is 492 g/mol. The van der Waals surface area contributed by atoms with E-state index in [0.717, 1.165) is 34.8 Å². The summed E-state index contributed by atoms with van der Waals surface area (Å²) in [6, 6.07) is 0.533. The van der Waals surface area contributed by atoms with Gasteiger partial charge >= 0.3 is 6.18 Å². The predicted molar refractivity (Wildman–Crippen MR) is 114 cm³/mol. The Morgan fingerprint density at radius 3 is 2.62 bits per heavy atom. The average Bonchev–Trinajstić information content (AvgIpc) is 2.77. The lowest BCUT2D eigenvalue weighted by Gasteiger charge is -2.46. The van der Waals surface area contributed by atoms with E-state index in [-0.39, 0.29) is 38.3 Å². The van der Waals surface area contributed by atoms with Gasteiger partial charge in [-0.2, -0.15) is 13.2 Å². The van der Waals surface area contributed by atoms with Crippen molar-refractivity contribution in [3.8, 4) is 0 Å². The van der Waals surface area contributed by atoms with Crippen LogP contribution < -0.4 is 0 Å². The van der Waals surface area contributed by atoms with Crippen molar-refractivity contribution in [2.45, 2.75) is 56.7 Å². The third kappa shape index (κ3) is 5.18. The van der Waals surface area contributed by atoms with Crippen LogP contribution in [0.25, 0.3) is 0 Å². The summed E-state index contributed by atoms with van der Waals surface area (Å²) in [5.74, 6) is -2.65. The van der Waals surface area contributed by atoms with Crippen molar-refractivity contribution in [3.63, 3.8) is 0 Å². The molecule has 4 aliphatic heterocycles. The quantitative estimate of drug-likeness (QED) is 0.641. The van der Waals surface area contributed by atoms with Crippen molar-refractivity contribution in [1.29, 1.82) is 0 Å². The number of morpholine rings is 1. The van der Waals surface area contributed by atoms with Gasteiger partial charge in [-0.25, -0.2) is 13.8 Å². The van der Waals surface area contributed by atoms with Gasteiger partial charge in [-0.1, -0.05) is 6.07 Å². The number of nitrogens with zero attached hydrogens (tertiary/aromatic N) is 4. The highest BCUT2D eigenvalue weighted by Gasteiger charge is 2.49. The summed E-state index contributed by atoms with van der Waals surface area (Å²) in [5.41, 5.74) is -0.341. The Bertz CT molecular complexity index is 942. The number of rotatable bonds is 5. The number of benzene rings is 1. The second-order valence-corrected chi connectivity index (χ2v) is 8.91. The van der Waals surface area contributed by atoms with Crippen LogP contribution >= 0.6 is 0 Å². The van der Waals surface area contributed by atoms with Gasteiger partial charge in [0.2, 0.25) is 11.9 Å². The van der Waals surface area contributed by atoms with E-state index in [4.69, 9.17) is 4.74 Å². The number of carbonyl (C=O) groups is 1. The molecule has 4 atom stereocenters. The van der Waals surface area contributed by atoms with Gasteiger partial charge in [0.1, 0.15) is 17.7 Å². The fourth-order valence-electron chi connectivity index (χ4n) is 4.84. The molecule has 4 aliphatic rings. The lowest BCUT2D eigenvalue weighted by Crippen LogP contribution is -2.62. The summed E-state index contributed by atoms with van der Waals surface area (Å²) in [5, 5.41) is 10.6. The molecule has 7 nitrogen and oxygen atoms in total. The second kappa shape index (κ2) is 9.74. The third-order valence-corrected chi connectivity index (χ3v) is 6.64. The number of β-amino-alcohol motifs (C(OH)–C–C–N with tert-alkyl or cyclic N) is 1. The van der Waals surface area contributed by atoms with Gasteiger partial charge in [0.05, 0.1) is 32.0 Å². The van der Waals surface area contributed by atoms with E-state index in [9.17, 15) is 31.9 Å². The van der Waals surface area contributed by atoms with Crippen LogP contribution in [-0.2, 0) is 9.53 Å². The van der Waals surface area contributed by atoms with Gasteiger partial charge in [-0.05, 0) is 25.3 Å². The summed E-state index contributed by atoms with van der Waals surface area (Å²) in [4.78, 5) is 20.7. The number of aliphatic hydroxyl groups is 1. The summed E-state index contributed by atoms with van der Waals surface area (Å²) < 4.78 is 75.0. The molecule has 4 saturated heterocycles. The fourth-order valence-corrected chi connectivity index (χ4v) is 4.84. The third-order valence-electron chi connectivity index (χ3n) is 6.64. The first-order chi connectivity index (χ1) is 16.0. The molecular weight excluding hydrogens is 463 g/mol. The molecule has 5 rings (SSSR count). The topological polar surface area (TPSA) is 68.6 Å². The number of fused-ring (bicyclic) bond motifs is 3. The first-order valence-electron chi connectivity index (χ1n) is 11.2. The molecule has 1 amide bonds. The molecule has 0 radical (unpaired) electrons. The van der Waals surface area contributed by atoms with E-state index < -0.39 is 48.8 Å². The maximum absolute atomic E-state index is 14.2. The maximum atomic E-state index is 14.2. The first-order valence-corrected chi connectivity index (χ1v) is 11.2. The molecular formula is C22H29F5N4O3. The number of hydrogen-bond donors (Lipinski definition) is 1. The Hall–Kier alpha value is -2.31. The summed E-state index contributed by atoms with van der Waals surface area (Å²) in [7, 11) is 0. The largest absolute Gasteiger partial charge is 0.408 e. The number of alkyl halides is 3. The summed E-state index contributed by atoms with van der Waals surface area (Å²) in [6.07, 6.45) is -4.96. The van der Waals surface area contributed by atoms with Gasteiger partial charge in [0.25, 0.3) is 0 Å². The van der Waals surface area contributed by atoms with E-state index in [1.165, 1.54) is 6.92 Å². The standard InChI is InChI=1S/C22H27F5N4O3.H2/c1-13(32)30-7-6-20(22(25,26)27)31(10-19(33)17-5-2-14(23)8-18(17)24)21(30)28-12-29-9-16-4-3-15(29)11-34-16;/h2,5,8,15-16,19-20,33H,3-4,6-7,9-12H2,1H3;1H/b28-21+;/t15?,16-,19?,20-;/m0./s1. The smallest absolute Gasteiger partial charge is 0.386 e. The Balaban J connectivity index is 0.00000342. The minimum Gasteiger partial charge on any atom is -0.386 e. The van der Waals surface area contributed by atoms with Crippen molar-refractivity contribution < 1.29 is 38.0 Å².